The molecule has 0 aliphatic heterocycles. The first-order valence-electron chi connectivity index (χ1n) is 5.66. The van der Waals surface area contributed by atoms with Crippen LogP contribution in [0.2, 0.25) is 0 Å². The molecular formula is C12H13N3O4S. The van der Waals surface area contributed by atoms with E-state index in [1.54, 1.807) is 25.1 Å². The molecule has 0 radical (unpaired) electrons. The number of hydrogen-bond acceptors (Lipinski definition) is 5. The van der Waals surface area contributed by atoms with Gasteiger partial charge in [0.2, 0.25) is 15.8 Å². The molecule has 106 valence electrons. The van der Waals surface area contributed by atoms with Crippen LogP contribution in [0.4, 0.5) is 11.4 Å². The molecule has 0 aliphatic carbocycles. The Morgan fingerprint density at radius 3 is 2.55 bits per heavy atom. The maximum absolute atomic E-state index is 11.8. The zero-order valence-corrected chi connectivity index (χ0v) is 11.7. The quantitative estimate of drug-likeness (QED) is 0.892. The van der Waals surface area contributed by atoms with Crippen molar-refractivity contribution in [2.75, 3.05) is 16.3 Å². The lowest BCUT2D eigenvalue weighted by molar-refractivity contribution is 0.0988. The van der Waals surface area contributed by atoms with Gasteiger partial charge < -0.3 is 9.84 Å². The number of amides is 1. The molecule has 0 unspecified atom stereocenters. The van der Waals surface area contributed by atoms with Gasteiger partial charge in [-0.2, -0.15) is 0 Å². The molecule has 0 bridgehead atoms. The Morgan fingerprint density at radius 1 is 1.25 bits per heavy atom. The van der Waals surface area contributed by atoms with E-state index in [4.69, 9.17) is 4.52 Å². The number of sulfonamides is 1. The van der Waals surface area contributed by atoms with Crippen LogP contribution < -0.4 is 10.0 Å². The van der Waals surface area contributed by atoms with E-state index < -0.39 is 15.9 Å². The number of rotatable bonds is 4. The number of nitrogens with zero attached hydrogens (tertiary/aromatic N) is 1. The summed E-state index contributed by atoms with van der Waals surface area (Å²) in [5, 5.41) is 6.21. The summed E-state index contributed by atoms with van der Waals surface area (Å²) in [6.07, 6.45) is 1.05. The summed E-state index contributed by atoms with van der Waals surface area (Å²) in [5.41, 5.74) is 1.40. The largest absolute Gasteiger partial charge is 0.351 e. The van der Waals surface area contributed by atoms with Crippen LogP contribution in [0.5, 0.6) is 0 Å². The van der Waals surface area contributed by atoms with E-state index in [1.807, 2.05) is 0 Å². The normalized spacial score (nSPS) is 11.1. The van der Waals surface area contributed by atoms with E-state index in [1.165, 1.54) is 12.1 Å². The average Bonchev–Trinajstić information content (AvgIpc) is 2.74. The van der Waals surface area contributed by atoms with Crippen LogP contribution >= 0.6 is 0 Å². The number of aryl methyl sites for hydroxylation is 1. The van der Waals surface area contributed by atoms with Crippen LogP contribution in [0.1, 0.15) is 16.2 Å². The van der Waals surface area contributed by atoms with Gasteiger partial charge in [-0.1, -0.05) is 11.2 Å². The number of nitrogens with one attached hydrogen (secondary N) is 2. The second-order valence-electron chi connectivity index (χ2n) is 4.24. The zero-order valence-electron chi connectivity index (χ0n) is 10.9. The molecule has 1 heterocycles. The molecule has 20 heavy (non-hydrogen) atoms. The third-order valence-electron chi connectivity index (χ3n) is 2.28. The van der Waals surface area contributed by atoms with Crippen LogP contribution in [0.15, 0.2) is 34.9 Å². The molecule has 8 heteroatoms. The van der Waals surface area contributed by atoms with E-state index in [0.717, 1.165) is 6.26 Å². The van der Waals surface area contributed by atoms with Gasteiger partial charge in [0, 0.05) is 11.8 Å². The predicted octanol–water partition coefficient (Wildman–Crippen LogP) is 1.61. The third kappa shape index (κ3) is 3.82. The van der Waals surface area contributed by atoms with Gasteiger partial charge in [-0.3, -0.25) is 9.52 Å². The molecule has 2 rings (SSSR count). The second kappa shape index (κ2) is 5.33. The Balaban J connectivity index is 2.14. The fourth-order valence-electron chi connectivity index (χ4n) is 1.54. The van der Waals surface area contributed by atoms with E-state index in [-0.39, 0.29) is 5.76 Å². The first-order chi connectivity index (χ1) is 9.33. The zero-order chi connectivity index (χ0) is 14.8. The van der Waals surface area contributed by atoms with Crippen molar-refractivity contribution in [3.8, 4) is 0 Å². The van der Waals surface area contributed by atoms with E-state index in [2.05, 4.69) is 15.2 Å². The van der Waals surface area contributed by atoms with E-state index in [9.17, 15) is 13.2 Å². The van der Waals surface area contributed by atoms with Crippen molar-refractivity contribution >= 4 is 27.3 Å². The highest BCUT2D eigenvalue weighted by atomic mass is 32.2. The van der Waals surface area contributed by atoms with Crippen molar-refractivity contribution in [2.45, 2.75) is 6.92 Å². The molecule has 1 aromatic heterocycles. The van der Waals surface area contributed by atoms with E-state index in [0.29, 0.717) is 17.1 Å². The Kier molecular flexibility index (Phi) is 3.75. The maximum Gasteiger partial charge on any atom is 0.294 e. The lowest BCUT2D eigenvalue weighted by Crippen LogP contribution is -2.12. The number of hydrogen-bond donors (Lipinski definition) is 2. The SMILES string of the molecule is Cc1cc(C(=O)Nc2cccc(NS(C)(=O)=O)c2)on1. The van der Waals surface area contributed by atoms with Crippen molar-refractivity contribution < 1.29 is 17.7 Å². The van der Waals surface area contributed by atoms with Gasteiger partial charge in [-0.15, -0.1) is 0 Å². The molecule has 1 amide bonds. The standard InChI is InChI=1S/C12H13N3O4S/c1-8-6-11(19-14-8)12(16)13-9-4-3-5-10(7-9)15-20(2,17)18/h3-7,15H,1-2H3,(H,13,16). The smallest absolute Gasteiger partial charge is 0.294 e. The number of carbonyl (C=O) groups is 1. The molecule has 0 atom stereocenters. The maximum atomic E-state index is 11.8. The highest BCUT2D eigenvalue weighted by Gasteiger charge is 2.12. The van der Waals surface area contributed by atoms with Crippen molar-refractivity contribution in [1.29, 1.82) is 0 Å². The Bertz CT molecular complexity index is 737. The molecule has 2 N–H and O–H groups in total. The topological polar surface area (TPSA) is 101 Å². The summed E-state index contributed by atoms with van der Waals surface area (Å²) < 4.78 is 29.4. The molecule has 0 saturated carbocycles. The van der Waals surface area contributed by atoms with Crippen LogP contribution in [-0.4, -0.2) is 25.7 Å². The molecule has 0 fully saturated rings. The molecular weight excluding hydrogens is 282 g/mol. The highest BCUT2D eigenvalue weighted by molar-refractivity contribution is 7.92. The minimum absolute atomic E-state index is 0.0870. The fourth-order valence-corrected chi connectivity index (χ4v) is 2.09. The second-order valence-corrected chi connectivity index (χ2v) is 5.99. The van der Waals surface area contributed by atoms with Crippen LogP contribution in [0.25, 0.3) is 0 Å². The lowest BCUT2D eigenvalue weighted by Gasteiger charge is -2.07. The van der Waals surface area contributed by atoms with Gasteiger partial charge in [0.25, 0.3) is 5.91 Å². The van der Waals surface area contributed by atoms with Crippen molar-refractivity contribution in [1.82, 2.24) is 5.16 Å². The highest BCUT2D eigenvalue weighted by Crippen LogP contribution is 2.17. The van der Waals surface area contributed by atoms with Gasteiger partial charge in [0.05, 0.1) is 17.6 Å². The monoisotopic (exact) mass is 295 g/mol. The van der Waals surface area contributed by atoms with E-state index >= 15 is 0 Å². The Hall–Kier alpha value is -2.35. The van der Waals surface area contributed by atoms with Crippen molar-refractivity contribution in [3.63, 3.8) is 0 Å². The minimum Gasteiger partial charge on any atom is -0.351 e. The predicted molar refractivity (Wildman–Crippen MR) is 74.1 cm³/mol. The molecule has 0 aliphatic rings. The summed E-state index contributed by atoms with van der Waals surface area (Å²) in [7, 11) is -3.36. The molecule has 2 aromatic rings. The fraction of sp³-hybridized carbons (Fsp3) is 0.167. The summed E-state index contributed by atoms with van der Waals surface area (Å²) in [5.74, 6) is -0.369. The van der Waals surface area contributed by atoms with Crippen molar-refractivity contribution in [2.24, 2.45) is 0 Å². The van der Waals surface area contributed by atoms with Gasteiger partial charge in [-0.05, 0) is 25.1 Å². The van der Waals surface area contributed by atoms with Gasteiger partial charge in [0.15, 0.2) is 0 Å². The third-order valence-corrected chi connectivity index (χ3v) is 2.88. The number of aromatic nitrogens is 1. The molecule has 0 saturated heterocycles. The average molecular weight is 295 g/mol. The first kappa shape index (κ1) is 14.1. The lowest BCUT2D eigenvalue weighted by atomic mass is 10.2. The minimum atomic E-state index is -3.36. The summed E-state index contributed by atoms with van der Waals surface area (Å²) in [6.45, 7) is 1.71. The Labute approximate surface area is 116 Å². The molecule has 0 spiro atoms. The Morgan fingerprint density at radius 2 is 1.95 bits per heavy atom. The van der Waals surface area contributed by atoms with Crippen LogP contribution in [0.3, 0.4) is 0 Å². The number of anilines is 2. The van der Waals surface area contributed by atoms with Crippen LogP contribution in [-0.2, 0) is 10.0 Å². The molecule has 7 nitrogen and oxygen atoms in total. The molecule has 1 aromatic carbocycles. The number of carbonyl (C=O) groups excluding carboxylic acids is 1. The summed E-state index contributed by atoms with van der Waals surface area (Å²) in [4.78, 5) is 11.8. The first-order valence-corrected chi connectivity index (χ1v) is 7.55. The van der Waals surface area contributed by atoms with Gasteiger partial charge in [-0.25, -0.2) is 8.42 Å². The number of benzene rings is 1. The van der Waals surface area contributed by atoms with Crippen molar-refractivity contribution in [3.05, 3.63) is 41.8 Å². The van der Waals surface area contributed by atoms with Gasteiger partial charge >= 0.3 is 0 Å². The summed E-state index contributed by atoms with van der Waals surface area (Å²) in [6, 6.07) is 7.84. The summed E-state index contributed by atoms with van der Waals surface area (Å²) >= 11 is 0. The van der Waals surface area contributed by atoms with Gasteiger partial charge in [0.1, 0.15) is 0 Å². The van der Waals surface area contributed by atoms with Crippen LogP contribution in [0, 0.1) is 6.92 Å².